The minimum atomic E-state index is -0.840. The summed E-state index contributed by atoms with van der Waals surface area (Å²) in [7, 11) is 0. The van der Waals surface area contributed by atoms with Gasteiger partial charge in [0.15, 0.2) is 0 Å². The second-order valence-corrected chi connectivity index (χ2v) is 4.98. The Kier molecular flexibility index (Phi) is 3.10. The zero-order chi connectivity index (χ0) is 14.0. The molecule has 0 unspecified atom stereocenters. The van der Waals surface area contributed by atoms with Crippen molar-refractivity contribution in [3.8, 4) is 0 Å². The number of aliphatic carboxylic acids is 1. The van der Waals surface area contributed by atoms with E-state index in [1.807, 2.05) is 30.3 Å². The molecule has 0 aliphatic heterocycles. The SMILES string of the molecule is O=C(O)C1(c2nccnc2NCc2ccccc2)CC1. The van der Waals surface area contributed by atoms with E-state index in [0.717, 1.165) is 5.56 Å². The van der Waals surface area contributed by atoms with Crippen molar-refractivity contribution in [1.82, 2.24) is 9.97 Å². The van der Waals surface area contributed by atoms with Crippen LogP contribution in [0.2, 0.25) is 0 Å². The minimum absolute atomic E-state index is 0.545. The van der Waals surface area contributed by atoms with Crippen LogP contribution in [0.5, 0.6) is 0 Å². The highest BCUT2D eigenvalue weighted by Crippen LogP contribution is 2.49. The molecule has 0 radical (unpaired) electrons. The Morgan fingerprint density at radius 2 is 1.90 bits per heavy atom. The van der Waals surface area contributed by atoms with E-state index in [4.69, 9.17) is 0 Å². The summed E-state index contributed by atoms with van der Waals surface area (Å²) in [5.41, 5.74) is 0.820. The lowest BCUT2D eigenvalue weighted by Gasteiger charge is -2.14. The van der Waals surface area contributed by atoms with Gasteiger partial charge in [0.2, 0.25) is 0 Å². The molecule has 20 heavy (non-hydrogen) atoms. The van der Waals surface area contributed by atoms with Crippen molar-refractivity contribution >= 4 is 11.8 Å². The molecule has 1 fully saturated rings. The molecule has 3 rings (SSSR count). The zero-order valence-corrected chi connectivity index (χ0v) is 10.9. The summed E-state index contributed by atoms with van der Waals surface area (Å²) in [6.07, 6.45) is 4.38. The van der Waals surface area contributed by atoms with Crippen molar-refractivity contribution in [3.63, 3.8) is 0 Å². The molecule has 1 heterocycles. The van der Waals surface area contributed by atoms with Gasteiger partial charge in [-0.2, -0.15) is 0 Å². The van der Waals surface area contributed by atoms with E-state index in [1.54, 1.807) is 12.4 Å². The Hall–Kier alpha value is -2.43. The van der Waals surface area contributed by atoms with E-state index >= 15 is 0 Å². The van der Waals surface area contributed by atoms with Crippen LogP contribution in [0.1, 0.15) is 24.1 Å². The third kappa shape index (κ3) is 2.22. The van der Waals surface area contributed by atoms with Crippen molar-refractivity contribution in [1.29, 1.82) is 0 Å². The fourth-order valence-electron chi connectivity index (χ4n) is 2.28. The lowest BCUT2D eigenvalue weighted by molar-refractivity contribution is -0.140. The largest absolute Gasteiger partial charge is 0.481 e. The molecule has 0 bridgehead atoms. The molecule has 1 aromatic heterocycles. The van der Waals surface area contributed by atoms with Crippen LogP contribution in [-0.4, -0.2) is 21.0 Å². The summed E-state index contributed by atoms with van der Waals surface area (Å²) in [5, 5.41) is 12.6. The van der Waals surface area contributed by atoms with Crippen LogP contribution in [0, 0.1) is 0 Å². The van der Waals surface area contributed by atoms with Crippen molar-refractivity contribution in [2.24, 2.45) is 0 Å². The number of carboxylic acid groups (broad SMARTS) is 1. The highest BCUT2D eigenvalue weighted by molar-refractivity contribution is 5.85. The van der Waals surface area contributed by atoms with Gasteiger partial charge in [-0.15, -0.1) is 0 Å². The summed E-state index contributed by atoms with van der Waals surface area (Å²) >= 11 is 0. The van der Waals surface area contributed by atoms with Crippen LogP contribution in [0.4, 0.5) is 5.82 Å². The second kappa shape index (κ2) is 4.92. The van der Waals surface area contributed by atoms with Crippen molar-refractivity contribution in [3.05, 3.63) is 54.0 Å². The zero-order valence-electron chi connectivity index (χ0n) is 10.9. The first-order valence-electron chi connectivity index (χ1n) is 6.55. The Morgan fingerprint density at radius 1 is 1.20 bits per heavy atom. The van der Waals surface area contributed by atoms with E-state index < -0.39 is 11.4 Å². The minimum Gasteiger partial charge on any atom is -0.481 e. The summed E-state index contributed by atoms with van der Waals surface area (Å²) < 4.78 is 0. The van der Waals surface area contributed by atoms with Crippen LogP contribution in [-0.2, 0) is 16.8 Å². The summed E-state index contributed by atoms with van der Waals surface area (Å²) in [4.78, 5) is 19.9. The number of hydrogen-bond acceptors (Lipinski definition) is 4. The normalized spacial score (nSPS) is 15.6. The molecule has 0 spiro atoms. The molecule has 1 aliphatic carbocycles. The number of nitrogens with one attached hydrogen (secondary N) is 1. The average molecular weight is 269 g/mol. The number of benzene rings is 1. The quantitative estimate of drug-likeness (QED) is 0.870. The summed E-state index contributed by atoms with van der Waals surface area (Å²) in [6, 6.07) is 9.91. The van der Waals surface area contributed by atoms with Gasteiger partial charge in [-0.25, -0.2) is 4.98 Å². The molecule has 0 saturated heterocycles. The highest BCUT2D eigenvalue weighted by Gasteiger charge is 2.54. The van der Waals surface area contributed by atoms with Gasteiger partial charge in [0, 0.05) is 18.9 Å². The number of nitrogens with zero attached hydrogens (tertiary/aromatic N) is 2. The third-order valence-electron chi connectivity index (χ3n) is 3.61. The molecule has 0 amide bonds. The van der Waals surface area contributed by atoms with Gasteiger partial charge >= 0.3 is 5.97 Å². The monoisotopic (exact) mass is 269 g/mol. The summed E-state index contributed by atoms with van der Waals surface area (Å²) in [6.45, 7) is 0.599. The first kappa shape index (κ1) is 12.6. The maximum Gasteiger partial charge on any atom is 0.315 e. The maximum absolute atomic E-state index is 11.4. The Morgan fingerprint density at radius 3 is 2.55 bits per heavy atom. The van der Waals surface area contributed by atoms with Gasteiger partial charge in [-0.05, 0) is 18.4 Å². The van der Waals surface area contributed by atoms with Gasteiger partial charge in [-0.1, -0.05) is 30.3 Å². The number of hydrogen-bond donors (Lipinski definition) is 2. The number of anilines is 1. The van der Waals surface area contributed by atoms with Crippen LogP contribution < -0.4 is 5.32 Å². The molecule has 102 valence electrons. The van der Waals surface area contributed by atoms with Crippen LogP contribution in [0.25, 0.3) is 0 Å². The number of aromatic nitrogens is 2. The lowest BCUT2D eigenvalue weighted by atomic mass is 10.0. The van der Waals surface area contributed by atoms with E-state index in [0.29, 0.717) is 30.9 Å². The van der Waals surface area contributed by atoms with E-state index in [2.05, 4.69) is 15.3 Å². The smallest absolute Gasteiger partial charge is 0.315 e. The molecule has 1 aliphatic rings. The predicted molar refractivity (Wildman–Crippen MR) is 74.3 cm³/mol. The molecule has 1 saturated carbocycles. The third-order valence-corrected chi connectivity index (χ3v) is 3.61. The number of carbonyl (C=O) groups is 1. The van der Waals surface area contributed by atoms with E-state index in [1.165, 1.54) is 0 Å². The topological polar surface area (TPSA) is 75.1 Å². The van der Waals surface area contributed by atoms with Gasteiger partial charge in [-0.3, -0.25) is 9.78 Å². The standard InChI is InChI=1S/C15H15N3O2/c19-14(20)15(6-7-15)12-13(17-9-8-16-12)18-10-11-4-2-1-3-5-11/h1-5,8-9H,6-7,10H2,(H,17,18)(H,19,20). The van der Waals surface area contributed by atoms with Crippen molar-refractivity contribution in [2.75, 3.05) is 5.32 Å². The highest BCUT2D eigenvalue weighted by atomic mass is 16.4. The van der Waals surface area contributed by atoms with Crippen LogP contribution in [0.15, 0.2) is 42.7 Å². The predicted octanol–water partition coefficient (Wildman–Crippen LogP) is 2.20. The average Bonchev–Trinajstić information content (AvgIpc) is 3.28. The van der Waals surface area contributed by atoms with Gasteiger partial charge < -0.3 is 10.4 Å². The van der Waals surface area contributed by atoms with Crippen molar-refractivity contribution in [2.45, 2.75) is 24.8 Å². The Labute approximate surface area is 116 Å². The fourth-order valence-corrected chi connectivity index (χ4v) is 2.28. The molecule has 2 aromatic rings. The summed E-state index contributed by atoms with van der Waals surface area (Å²) in [5.74, 6) is -0.253. The Balaban J connectivity index is 1.82. The number of carboxylic acids is 1. The second-order valence-electron chi connectivity index (χ2n) is 4.98. The van der Waals surface area contributed by atoms with Gasteiger partial charge in [0.25, 0.3) is 0 Å². The fraction of sp³-hybridized carbons (Fsp3) is 0.267. The first-order chi connectivity index (χ1) is 9.72. The van der Waals surface area contributed by atoms with Gasteiger partial charge in [0.1, 0.15) is 11.2 Å². The molecule has 1 aromatic carbocycles. The van der Waals surface area contributed by atoms with Crippen LogP contribution >= 0.6 is 0 Å². The van der Waals surface area contributed by atoms with Crippen LogP contribution in [0.3, 0.4) is 0 Å². The maximum atomic E-state index is 11.4. The lowest BCUT2D eigenvalue weighted by Crippen LogP contribution is -2.23. The molecule has 5 nitrogen and oxygen atoms in total. The van der Waals surface area contributed by atoms with E-state index in [-0.39, 0.29) is 0 Å². The first-order valence-corrected chi connectivity index (χ1v) is 6.55. The Bertz CT molecular complexity index is 624. The molecular formula is C15H15N3O2. The molecule has 0 atom stereocenters. The molecule has 5 heteroatoms. The van der Waals surface area contributed by atoms with Crippen molar-refractivity contribution < 1.29 is 9.90 Å². The molecule has 2 N–H and O–H groups in total. The number of rotatable bonds is 5. The van der Waals surface area contributed by atoms with Gasteiger partial charge in [0.05, 0.1) is 5.69 Å². The van der Waals surface area contributed by atoms with E-state index in [9.17, 15) is 9.90 Å². The molecular weight excluding hydrogens is 254 g/mol.